The van der Waals surface area contributed by atoms with Gasteiger partial charge in [0.15, 0.2) is 5.78 Å². The number of piperidine rings is 1. The molecule has 26 heavy (non-hydrogen) atoms. The molecule has 1 atom stereocenters. The van der Waals surface area contributed by atoms with Gasteiger partial charge in [-0.25, -0.2) is 0 Å². The number of benzene rings is 1. The molecule has 4 N–H and O–H groups in total. The molecule has 2 rings (SSSR count). The van der Waals surface area contributed by atoms with Gasteiger partial charge < -0.3 is 21.1 Å². The van der Waals surface area contributed by atoms with Gasteiger partial charge in [-0.2, -0.15) is 5.26 Å². The van der Waals surface area contributed by atoms with Crippen molar-refractivity contribution < 1.29 is 19.1 Å². The van der Waals surface area contributed by atoms with E-state index >= 15 is 0 Å². The first-order valence-corrected chi connectivity index (χ1v) is 8.47. The highest BCUT2D eigenvalue weighted by Gasteiger charge is 2.48. The predicted molar refractivity (Wildman–Crippen MR) is 92.8 cm³/mol. The largest absolute Gasteiger partial charge is 0.365 e. The quantitative estimate of drug-likeness (QED) is 0.471. The van der Waals surface area contributed by atoms with E-state index in [2.05, 4.69) is 10.6 Å². The zero-order chi connectivity index (χ0) is 19.2. The second-order valence-electron chi connectivity index (χ2n) is 6.03. The molecule has 0 aliphatic carbocycles. The number of nitrogens with one attached hydrogen (secondary N) is 2. The molecule has 1 aromatic rings. The molecule has 1 aliphatic rings. The summed E-state index contributed by atoms with van der Waals surface area (Å²) in [5.41, 5.74) is 3.85. The van der Waals surface area contributed by atoms with E-state index in [-0.39, 0.29) is 18.1 Å². The third kappa shape index (κ3) is 4.25. The van der Waals surface area contributed by atoms with Crippen molar-refractivity contribution in [2.24, 2.45) is 5.73 Å². The van der Waals surface area contributed by atoms with E-state index in [1.54, 1.807) is 6.92 Å². The van der Waals surface area contributed by atoms with Crippen molar-refractivity contribution in [2.75, 3.05) is 13.1 Å². The lowest BCUT2D eigenvalue weighted by Gasteiger charge is -2.35. The Labute approximate surface area is 151 Å². The van der Waals surface area contributed by atoms with Crippen LogP contribution in [0.5, 0.6) is 0 Å². The van der Waals surface area contributed by atoms with Crippen LogP contribution in [-0.4, -0.2) is 42.5 Å². The second kappa shape index (κ2) is 8.56. The van der Waals surface area contributed by atoms with E-state index in [1.165, 1.54) is 24.3 Å². The maximum atomic E-state index is 12.6. The molecule has 8 nitrogen and oxygen atoms in total. The molecular formula is C18H22N4O4. The van der Waals surface area contributed by atoms with E-state index in [0.717, 1.165) is 0 Å². The molecule has 2 amide bonds. The molecule has 0 bridgehead atoms. The average molecular weight is 358 g/mol. The van der Waals surface area contributed by atoms with Gasteiger partial charge in [0.1, 0.15) is 0 Å². The van der Waals surface area contributed by atoms with Crippen molar-refractivity contribution in [3.05, 3.63) is 35.4 Å². The first-order valence-electron chi connectivity index (χ1n) is 8.47. The molecule has 0 spiro atoms. The number of ketones is 1. The Hall–Kier alpha value is -2.76. The summed E-state index contributed by atoms with van der Waals surface area (Å²) in [5, 5.41) is 14.4. The molecular weight excluding hydrogens is 336 g/mol. The Morgan fingerprint density at radius 2 is 1.92 bits per heavy atom. The van der Waals surface area contributed by atoms with Crippen LogP contribution in [0.4, 0.5) is 0 Å². The molecule has 8 heteroatoms. The van der Waals surface area contributed by atoms with E-state index in [0.29, 0.717) is 31.5 Å². The molecule has 0 saturated carbocycles. The standard InChI is InChI=1S/C18H22N4O4/c1-2-15(23)18(17(20)25,26-14-7-9-21-10-8-14)22-16(24)13-5-3-12(11-19)4-6-13/h3-6,14,21H,2,7-10H2,1H3,(H2,20,25)(H,22,24). The van der Waals surface area contributed by atoms with Crippen molar-refractivity contribution >= 4 is 17.6 Å². The number of amides is 2. The van der Waals surface area contributed by atoms with Gasteiger partial charge in [0.2, 0.25) is 0 Å². The van der Waals surface area contributed by atoms with Gasteiger partial charge in [0, 0.05) is 12.0 Å². The molecule has 138 valence electrons. The van der Waals surface area contributed by atoms with Crippen molar-refractivity contribution in [3.63, 3.8) is 0 Å². The predicted octanol–water partition coefficient (Wildman–Crippen LogP) is 0.217. The summed E-state index contributed by atoms with van der Waals surface area (Å²) in [6.45, 7) is 2.94. The lowest BCUT2D eigenvalue weighted by atomic mass is 10.0. The highest BCUT2D eigenvalue weighted by Crippen LogP contribution is 2.20. The first kappa shape index (κ1) is 19.6. The van der Waals surface area contributed by atoms with Crippen molar-refractivity contribution in [1.29, 1.82) is 5.26 Å². The van der Waals surface area contributed by atoms with Gasteiger partial charge >= 0.3 is 0 Å². The Morgan fingerprint density at radius 1 is 1.31 bits per heavy atom. The smallest absolute Gasteiger partial charge is 0.282 e. The Balaban J connectivity index is 2.29. The summed E-state index contributed by atoms with van der Waals surface area (Å²) in [7, 11) is 0. The summed E-state index contributed by atoms with van der Waals surface area (Å²) in [6, 6.07) is 7.75. The fraction of sp³-hybridized carbons (Fsp3) is 0.444. The number of nitriles is 1. The number of carbonyl (C=O) groups is 3. The van der Waals surface area contributed by atoms with Crippen molar-refractivity contribution in [2.45, 2.75) is 38.0 Å². The third-order valence-corrected chi connectivity index (χ3v) is 4.26. The van der Waals surface area contributed by atoms with E-state index in [4.69, 9.17) is 15.7 Å². The van der Waals surface area contributed by atoms with Gasteiger partial charge in [0.25, 0.3) is 17.5 Å². The number of Topliss-reactive ketones (excluding diaryl/α,β-unsaturated/α-hetero) is 1. The molecule has 1 heterocycles. The summed E-state index contributed by atoms with van der Waals surface area (Å²) < 4.78 is 5.78. The van der Waals surface area contributed by atoms with Gasteiger partial charge in [-0.3, -0.25) is 14.4 Å². The number of hydrogen-bond donors (Lipinski definition) is 3. The maximum absolute atomic E-state index is 12.6. The van der Waals surface area contributed by atoms with Crippen LogP contribution >= 0.6 is 0 Å². The molecule has 1 saturated heterocycles. The SMILES string of the molecule is CCC(=O)C(NC(=O)c1ccc(C#N)cc1)(OC1CCNCC1)C(N)=O. The lowest BCUT2D eigenvalue weighted by molar-refractivity contribution is -0.171. The molecule has 1 aliphatic heterocycles. The average Bonchev–Trinajstić information content (AvgIpc) is 2.67. The molecule has 0 radical (unpaired) electrons. The minimum Gasteiger partial charge on any atom is -0.365 e. The molecule has 1 unspecified atom stereocenters. The van der Waals surface area contributed by atoms with Crippen LogP contribution in [0.1, 0.15) is 42.1 Å². The van der Waals surface area contributed by atoms with Crippen LogP contribution < -0.4 is 16.4 Å². The number of ether oxygens (including phenoxy) is 1. The number of primary amides is 1. The first-order chi connectivity index (χ1) is 12.4. The van der Waals surface area contributed by atoms with Gasteiger partial charge in [-0.1, -0.05) is 6.92 Å². The van der Waals surface area contributed by atoms with Crippen LogP contribution in [-0.2, 0) is 14.3 Å². The van der Waals surface area contributed by atoms with Crippen LogP contribution in [0.2, 0.25) is 0 Å². The number of nitrogens with zero attached hydrogens (tertiary/aromatic N) is 1. The van der Waals surface area contributed by atoms with E-state index in [9.17, 15) is 14.4 Å². The fourth-order valence-corrected chi connectivity index (χ4v) is 2.76. The zero-order valence-corrected chi connectivity index (χ0v) is 14.6. The van der Waals surface area contributed by atoms with Crippen LogP contribution in [0.15, 0.2) is 24.3 Å². The highest BCUT2D eigenvalue weighted by atomic mass is 16.5. The van der Waals surface area contributed by atoms with Crippen molar-refractivity contribution in [1.82, 2.24) is 10.6 Å². The molecule has 1 aromatic carbocycles. The van der Waals surface area contributed by atoms with E-state index < -0.39 is 23.3 Å². The Kier molecular flexibility index (Phi) is 6.44. The molecule has 1 fully saturated rings. The Bertz CT molecular complexity index is 720. The number of rotatable bonds is 7. The number of hydrogen-bond acceptors (Lipinski definition) is 6. The Morgan fingerprint density at radius 3 is 2.42 bits per heavy atom. The number of carbonyl (C=O) groups excluding carboxylic acids is 3. The van der Waals surface area contributed by atoms with Gasteiger partial charge in [0.05, 0.1) is 17.7 Å². The van der Waals surface area contributed by atoms with E-state index in [1.807, 2.05) is 6.07 Å². The third-order valence-electron chi connectivity index (χ3n) is 4.26. The van der Waals surface area contributed by atoms with Gasteiger partial charge in [-0.15, -0.1) is 0 Å². The molecule has 0 aromatic heterocycles. The second-order valence-corrected chi connectivity index (χ2v) is 6.03. The summed E-state index contributed by atoms with van der Waals surface area (Å²) in [6.07, 6.45) is 0.791. The summed E-state index contributed by atoms with van der Waals surface area (Å²) >= 11 is 0. The summed E-state index contributed by atoms with van der Waals surface area (Å²) in [5.74, 6) is -2.33. The normalized spacial score (nSPS) is 16.9. The van der Waals surface area contributed by atoms with Crippen LogP contribution in [0, 0.1) is 11.3 Å². The maximum Gasteiger partial charge on any atom is 0.282 e. The van der Waals surface area contributed by atoms with Crippen LogP contribution in [0.3, 0.4) is 0 Å². The monoisotopic (exact) mass is 358 g/mol. The van der Waals surface area contributed by atoms with Gasteiger partial charge in [-0.05, 0) is 50.2 Å². The minimum absolute atomic E-state index is 0.0262. The lowest BCUT2D eigenvalue weighted by Crippen LogP contribution is -2.65. The summed E-state index contributed by atoms with van der Waals surface area (Å²) in [4.78, 5) is 37.3. The fourth-order valence-electron chi connectivity index (χ4n) is 2.76. The minimum atomic E-state index is -2.21. The van der Waals surface area contributed by atoms with Crippen LogP contribution in [0.25, 0.3) is 0 Å². The zero-order valence-electron chi connectivity index (χ0n) is 14.6. The van der Waals surface area contributed by atoms with Crippen molar-refractivity contribution in [3.8, 4) is 6.07 Å². The topological polar surface area (TPSA) is 134 Å². The number of nitrogens with two attached hydrogens (primary N) is 1. The highest BCUT2D eigenvalue weighted by molar-refractivity contribution is 6.12.